The van der Waals surface area contributed by atoms with Gasteiger partial charge in [0, 0.05) is 32.7 Å². The number of aliphatic hydroxyl groups excluding tert-OH is 1. The summed E-state index contributed by atoms with van der Waals surface area (Å²) in [5.41, 5.74) is -0.460. The van der Waals surface area contributed by atoms with E-state index < -0.39 is 41.6 Å². The molecule has 0 saturated carbocycles. The minimum absolute atomic E-state index is 0.252. The molecule has 1 aromatic rings. The van der Waals surface area contributed by atoms with Crippen molar-refractivity contribution in [2.75, 3.05) is 59.2 Å². The van der Waals surface area contributed by atoms with Crippen molar-refractivity contribution < 1.29 is 33.7 Å². The molecule has 4 heterocycles. The maximum Gasteiger partial charge on any atom is 0.312 e. The molecule has 5 rings (SSSR count). The van der Waals surface area contributed by atoms with Gasteiger partial charge in [0.1, 0.15) is 11.6 Å². The molecule has 0 radical (unpaired) electrons. The number of benzene rings is 1. The second-order valence-electron chi connectivity index (χ2n) is 11.9. The molecule has 10 heteroatoms. The number of unbranched alkanes of at least 4 members (excludes halogenated alkanes) is 2. The lowest BCUT2D eigenvalue weighted by Crippen LogP contribution is -2.58. The summed E-state index contributed by atoms with van der Waals surface area (Å²) in [5.74, 6) is -2.70. The van der Waals surface area contributed by atoms with E-state index in [0.717, 1.165) is 25.9 Å². The van der Waals surface area contributed by atoms with E-state index in [9.17, 15) is 19.5 Å². The topological polar surface area (TPSA) is 109 Å². The number of allylic oxidation sites excluding steroid dienone is 1. The Morgan fingerprint density at radius 2 is 1.93 bits per heavy atom. The summed E-state index contributed by atoms with van der Waals surface area (Å²) in [6, 6.07) is 7.46. The van der Waals surface area contributed by atoms with Crippen LogP contribution in [0.2, 0.25) is 0 Å². The Morgan fingerprint density at radius 1 is 1.16 bits per heavy atom. The summed E-state index contributed by atoms with van der Waals surface area (Å²) >= 11 is 0. The molecule has 4 aliphatic heterocycles. The molecule has 43 heavy (non-hydrogen) atoms. The number of nitrogens with zero attached hydrogens (tertiary/aromatic N) is 3. The van der Waals surface area contributed by atoms with Gasteiger partial charge in [-0.05, 0) is 37.7 Å². The number of rotatable bonds is 15. The number of ether oxygens (including phenoxy) is 3. The molecular weight excluding hydrogens is 550 g/mol. The standard InChI is InChI=1S/C33H45N3O7/c1-3-5-6-10-20-42-32(40)27-26-13-14-33(43-26)28(27)30(38)36(25(23-37)24-11-8-7-9-12-24)29(33)31(39)35(15-4-2)17-16-34-18-21-41-22-19-34/h3-4,7-9,11-12,25-29,37H,1-2,5-6,10,13-23H2/t25-,26+,27-,28+,29?,33?/m1/s1. The molecule has 1 spiro atoms. The van der Waals surface area contributed by atoms with E-state index in [-0.39, 0.29) is 25.0 Å². The van der Waals surface area contributed by atoms with Crippen LogP contribution in [0.3, 0.4) is 0 Å². The van der Waals surface area contributed by atoms with Crippen molar-refractivity contribution in [1.29, 1.82) is 0 Å². The Labute approximate surface area is 254 Å². The van der Waals surface area contributed by atoms with Crippen LogP contribution in [0.1, 0.15) is 43.7 Å². The fraction of sp³-hybridized carbons (Fsp3) is 0.606. The summed E-state index contributed by atoms with van der Waals surface area (Å²) in [7, 11) is 0. The zero-order valence-corrected chi connectivity index (χ0v) is 25.0. The lowest BCUT2D eigenvalue weighted by molar-refractivity contribution is -0.156. The molecule has 6 atom stereocenters. The first-order valence-electron chi connectivity index (χ1n) is 15.6. The van der Waals surface area contributed by atoms with Gasteiger partial charge in [0.15, 0.2) is 0 Å². The van der Waals surface area contributed by atoms with Gasteiger partial charge in [-0.3, -0.25) is 19.3 Å². The Hall–Kier alpha value is -3.05. The number of hydrogen-bond donors (Lipinski definition) is 1. The van der Waals surface area contributed by atoms with Gasteiger partial charge in [0.05, 0.1) is 50.4 Å². The number of morpholine rings is 1. The predicted octanol–water partition coefficient (Wildman–Crippen LogP) is 2.34. The van der Waals surface area contributed by atoms with Gasteiger partial charge in [-0.25, -0.2) is 0 Å². The lowest BCUT2D eigenvalue weighted by atomic mass is 9.70. The number of likely N-dealkylation sites (tertiary alicyclic amines) is 1. The van der Waals surface area contributed by atoms with Gasteiger partial charge in [0.25, 0.3) is 0 Å². The highest BCUT2D eigenvalue weighted by Crippen LogP contribution is 2.60. The number of esters is 1. The zero-order chi connectivity index (χ0) is 30.4. The summed E-state index contributed by atoms with van der Waals surface area (Å²) in [6.45, 7) is 11.8. The Balaban J connectivity index is 1.46. The van der Waals surface area contributed by atoms with E-state index in [2.05, 4.69) is 18.1 Å². The van der Waals surface area contributed by atoms with Crippen LogP contribution in [-0.4, -0.2) is 114 Å². The van der Waals surface area contributed by atoms with Crippen LogP contribution < -0.4 is 0 Å². The van der Waals surface area contributed by atoms with Gasteiger partial charge >= 0.3 is 5.97 Å². The predicted molar refractivity (Wildman–Crippen MR) is 160 cm³/mol. The monoisotopic (exact) mass is 595 g/mol. The molecule has 1 aromatic carbocycles. The highest BCUT2D eigenvalue weighted by atomic mass is 16.6. The van der Waals surface area contributed by atoms with E-state index in [1.165, 1.54) is 4.90 Å². The second kappa shape index (κ2) is 14.2. The molecule has 4 fully saturated rings. The first kappa shape index (κ1) is 31.4. The van der Waals surface area contributed by atoms with Crippen molar-refractivity contribution in [3.63, 3.8) is 0 Å². The first-order valence-corrected chi connectivity index (χ1v) is 15.6. The Morgan fingerprint density at radius 3 is 2.63 bits per heavy atom. The highest BCUT2D eigenvalue weighted by molar-refractivity contribution is 5.98. The van der Waals surface area contributed by atoms with Gasteiger partial charge in [0.2, 0.25) is 11.8 Å². The molecule has 2 amide bonds. The molecular formula is C33H45N3O7. The SMILES string of the molecule is C=CCCCCOC(=O)[C@@H]1[C@@H]2CCC3(O2)C(C(=O)N(CC=C)CCN2CCOCC2)N([C@H](CO)c2ccccc2)C(=O)[C@H]13. The minimum atomic E-state index is -1.17. The fourth-order valence-electron chi connectivity index (χ4n) is 7.37. The average molecular weight is 596 g/mol. The van der Waals surface area contributed by atoms with Crippen LogP contribution in [0.15, 0.2) is 55.6 Å². The van der Waals surface area contributed by atoms with Crippen LogP contribution in [0, 0.1) is 11.8 Å². The van der Waals surface area contributed by atoms with E-state index in [1.54, 1.807) is 11.0 Å². The van der Waals surface area contributed by atoms with E-state index in [0.29, 0.717) is 57.7 Å². The van der Waals surface area contributed by atoms with Crippen LogP contribution >= 0.6 is 0 Å². The molecule has 4 aliphatic rings. The summed E-state index contributed by atoms with van der Waals surface area (Å²) in [6.07, 6.45) is 6.46. The molecule has 0 aliphatic carbocycles. The smallest absolute Gasteiger partial charge is 0.312 e. The quantitative estimate of drug-likeness (QED) is 0.187. The van der Waals surface area contributed by atoms with Crippen LogP contribution in [0.5, 0.6) is 0 Å². The third kappa shape index (κ3) is 6.16. The maximum absolute atomic E-state index is 14.6. The van der Waals surface area contributed by atoms with E-state index in [4.69, 9.17) is 14.2 Å². The molecule has 10 nitrogen and oxygen atoms in total. The van der Waals surface area contributed by atoms with E-state index in [1.807, 2.05) is 36.4 Å². The maximum atomic E-state index is 14.6. The number of hydrogen-bond acceptors (Lipinski definition) is 8. The normalized spacial score (nSPS) is 28.9. The van der Waals surface area contributed by atoms with Crippen molar-refractivity contribution >= 4 is 17.8 Å². The highest BCUT2D eigenvalue weighted by Gasteiger charge is 2.75. The third-order valence-electron chi connectivity index (χ3n) is 9.44. The summed E-state index contributed by atoms with van der Waals surface area (Å²) in [4.78, 5) is 48.1. The summed E-state index contributed by atoms with van der Waals surface area (Å²) < 4.78 is 17.7. The van der Waals surface area contributed by atoms with Gasteiger partial charge in [-0.2, -0.15) is 0 Å². The van der Waals surface area contributed by atoms with Crippen molar-refractivity contribution in [1.82, 2.24) is 14.7 Å². The third-order valence-corrected chi connectivity index (χ3v) is 9.44. The van der Waals surface area contributed by atoms with Crippen molar-refractivity contribution in [2.24, 2.45) is 11.8 Å². The van der Waals surface area contributed by atoms with Crippen molar-refractivity contribution in [3.05, 3.63) is 61.2 Å². The molecule has 4 saturated heterocycles. The molecule has 2 unspecified atom stereocenters. The number of amides is 2. The lowest BCUT2D eigenvalue weighted by Gasteiger charge is -2.40. The minimum Gasteiger partial charge on any atom is -0.465 e. The largest absolute Gasteiger partial charge is 0.465 e. The van der Waals surface area contributed by atoms with E-state index >= 15 is 0 Å². The van der Waals surface area contributed by atoms with Gasteiger partial charge < -0.3 is 29.1 Å². The Bertz CT molecular complexity index is 1160. The van der Waals surface area contributed by atoms with Crippen LogP contribution in [0.25, 0.3) is 0 Å². The van der Waals surface area contributed by atoms with Crippen LogP contribution in [-0.2, 0) is 28.6 Å². The number of aliphatic hydroxyl groups is 1. The first-order chi connectivity index (χ1) is 21.0. The number of fused-ring (bicyclic) bond motifs is 1. The molecule has 0 aromatic heterocycles. The molecule has 1 N–H and O–H groups in total. The number of carbonyl (C=O) groups is 3. The van der Waals surface area contributed by atoms with Crippen molar-refractivity contribution in [3.8, 4) is 0 Å². The fourth-order valence-corrected chi connectivity index (χ4v) is 7.37. The number of carbonyl (C=O) groups excluding carboxylic acids is 3. The zero-order valence-electron chi connectivity index (χ0n) is 25.0. The Kier molecular flexibility index (Phi) is 10.3. The van der Waals surface area contributed by atoms with Gasteiger partial charge in [-0.1, -0.05) is 42.5 Å². The molecule has 2 bridgehead atoms. The molecule has 234 valence electrons. The van der Waals surface area contributed by atoms with Crippen molar-refractivity contribution in [2.45, 2.75) is 55.9 Å². The summed E-state index contributed by atoms with van der Waals surface area (Å²) in [5, 5.41) is 10.7. The second-order valence-corrected chi connectivity index (χ2v) is 11.9. The van der Waals surface area contributed by atoms with Gasteiger partial charge in [-0.15, -0.1) is 13.2 Å². The average Bonchev–Trinajstić information content (AvgIpc) is 3.68. The van der Waals surface area contributed by atoms with Crippen LogP contribution in [0.4, 0.5) is 0 Å².